The lowest BCUT2D eigenvalue weighted by atomic mass is 10.1. The molecule has 1 heterocycles. The summed E-state index contributed by atoms with van der Waals surface area (Å²) in [5.74, 6) is 0.809. The van der Waals surface area contributed by atoms with Crippen LogP contribution in [-0.4, -0.2) is 48.5 Å². The molecule has 3 rings (SSSR count). The van der Waals surface area contributed by atoms with E-state index in [1.807, 2.05) is 74.9 Å². The highest BCUT2D eigenvalue weighted by Crippen LogP contribution is 2.21. The van der Waals surface area contributed by atoms with E-state index in [-0.39, 0.29) is 12.1 Å². The maximum absolute atomic E-state index is 12.4. The highest BCUT2D eigenvalue weighted by molar-refractivity contribution is 5.89. The van der Waals surface area contributed by atoms with Crippen LogP contribution >= 0.6 is 0 Å². The molecule has 1 atom stereocenters. The van der Waals surface area contributed by atoms with Crippen molar-refractivity contribution in [1.29, 1.82) is 0 Å². The van der Waals surface area contributed by atoms with Crippen LogP contribution in [-0.2, 0) is 0 Å². The Labute approximate surface area is 164 Å². The molecule has 28 heavy (non-hydrogen) atoms. The molecule has 0 bridgehead atoms. The molecule has 0 aliphatic heterocycles. The second-order valence-electron chi connectivity index (χ2n) is 6.59. The van der Waals surface area contributed by atoms with E-state index in [1.54, 1.807) is 18.0 Å². The molecule has 2 amide bonds. The third kappa shape index (κ3) is 4.89. The molecule has 0 saturated heterocycles. The fourth-order valence-electron chi connectivity index (χ4n) is 2.94. The number of carbonyl (C=O) groups is 1. The number of hydrogen-bond acceptors (Lipinski definition) is 4. The number of ether oxygens (including phenoxy) is 1. The van der Waals surface area contributed by atoms with Gasteiger partial charge in [-0.3, -0.25) is 0 Å². The van der Waals surface area contributed by atoms with Gasteiger partial charge in [-0.1, -0.05) is 18.2 Å². The van der Waals surface area contributed by atoms with Gasteiger partial charge in [0.05, 0.1) is 18.8 Å². The van der Waals surface area contributed by atoms with E-state index in [2.05, 4.69) is 20.6 Å². The summed E-state index contributed by atoms with van der Waals surface area (Å²) in [4.78, 5) is 14.5. The summed E-state index contributed by atoms with van der Waals surface area (Å²) in [6.45, 7) is 0.476. The highest BCUT2D eigenvalue weighted by Gasteiger charge is 2.15. The van der Waals surface area contributed by atoms with Crippen molar-refractivity contribution < 1.29 is 9.53 Å². The summed E-state index contributed by atoms with van der Waals surface area (Å²) < 4.78 is 6.96. The van der Waals surface area contributed by atoms with Crippen LogP contribution in [0.5, 0.6) is 5.75 Å². The van der Waals surface area contributed by atoms with Gasteiger partial charge >= 0.3 is 6.03 Å². The van der Waals surface area contributed by atoms with E-state index in [1.165, 1.54) is 0 Å². The quantitative estimate of drug-likeness (QED) is 0.661. The molecular weight excluding hydrogens is 354 g/mol. The van der Waals surface area contributed by atoms with Crippen LogP contribution in [0.2, 0.25) is 0 Å². The van der Waals surface area contributed by atoms with Gasteiger partial charge < -0.3 is 20.3 Å². The Morgan fingerprint density at radius 3 is 2.61 bits per heavy atom. The van der Waals surface area contributed by atoms with E-state index in [9.17, 15) is 4.79 Å². The zero-order chi connectivity index (χ0) is 19.9. The summed E-state index contributed by atoms with van der Waals surface area (Å²) in [7, 11) is 5.62. The first-order chi connectivity index (χ1) is 13.6. The van der Waals surface area contributed by atoms with Crippen molar-refractivity contribution in [3.8, 4) is 11.4 Å². The van der Waals surface area contributed by atoms with Gasteiger partial charge in [0.1, 0.15) is 5.75 Å². The van der Waals surface area contributed by atoms with Gasteiger partial charge in [0, 0.05) is 24.6 Å². The smallest absolute Gasteiger partial charge is 0.319 e. The molecule has 0 spiro atoms. The van der Waals surface area contributed by atoms with Crippen molar-refractivity contribution in [2.45, 2.75) is 6.04 Å². The van der Waals surface area contributed by atoms with Gasteiger partial charge in [0.25, 0.3) is 0 Å². The minimum Gasteiger partial charge on any atom is -0.497 e. The van der Waals surface area contributed by atoms with E-state index in [0.29, 0.717) is 12.2 Å². The van der Waals surface area contributed by atoms with Crippen LogP contribution in [0, 0.1) is 0 Å². The maximum Gasteiger partial charge on any atom is 0.319 e. The molecule has 7 heteroatoms. The normalized spacial score (nSPS) is 11.9. The van der Waals surface area contributed by atoms with Crippen molar-refractivity contribution in [3.05, 3.63) is 72.6 Å². The molecule has 0 aliphatic carbocycles. The highest BCUT2D eigenvalue weighted by atomic mass is 16.5. The van der Waals surface area contributed by atoms with E-state index >= 15 is 0 Å². The van der Waals surface area contributed by atoms with Crippen LogP contribution in [0.4, 0.5) is 10.5 Å². The molecule has 0 radical (unpaired) electrons. The molecule has 1 aromatic heterocycles. The number of aromatic nitrogens is 2. The van der Waals surface area contributed by atoms with Gasteiger partial charge in [-0.2, -0.15) is 5.10 Å². The van der Waals surface area contributed by atoms with Crippen molar-refractivity contribution in [1.82, 2.24) is 20.0 Å². The predicted molar refractivity (Wildman–Crippen MR) is 110 cm³/mol. The Bertz CT molecular complexity index is 891. The molecular formula is C21H25N5O2. The van der Waals surface area contributed by atoms with Crippen LogP contribution in [0.1, 0.15) is 11.6 Å². The number of rotatable bonds is 7. The molecule has 3 aromatic rings. The van der Waals surface area contributed by atoms with Crippen molar-refractivity contribution in [2.24, 2.45) is 0 Å². The number of benzene rings is 2. The van der Waals surface area contributed by atoms with Crippen LogP contribution in [0.3, 0.4) is 0 Å². The summed E-state index contributed by atoms with van der Waals surface area (Å²) in [5, 5.41) is 10.0. The minimum atomic E-state index is -0.252. The third-order valence-corrected chi connectivity index (χ3v) is 4.45. The third-order valence-electron chi connectivity index (χ3n) is 4.45. The zero-order valence-corrected chi connectivity index (χ0v) is 16.3. The second-order valence-corrected chi connectivity index (χ2v) is 6.59. The number of anilines is 1. The Balaban J connectivity index is 1.61. The maximum atomic E-state index is 12.4. The number of likely N-dealkylation sites (N-methyl/N-ethyl adjacent to an activating group) is 1. The molecule has 0 unspecified atom stereocenters. The summed E-state index contributed by atoms with van der Waals surface area (Å²) in [6, 6.07) is 17.1. The first-order valence-corrected chi connectivity index (χ1v) is 9.02. The van der Waals surface area contributed by atoms with Crippen molar-refractivity contribution in [3.63, 3.8) is 0 Å². The first-order valence-electron chi connectivity index (χ1n) is 9.02. The van der Waals surface area contributed by atoms with E-state index < -0.39 is 0 Å². The largest absolute Gasteiger partial charge is 0.497 e. The molecule has 7 nitrogen and oxygen atoms in total. The van der Waals surface area contributed by atoms with Gasteiger partial charge in [-0.25, -0.2) is 9.48 Å². The molecule has 2 aromatic carbocycles. The molecule has 0 aliphatic rings. The number of amides is 2. The number of hydrogen-bond donors (Lipinski definition) is 2. The predicted octanol–water partition coefficient (Wildman–Crippen LogP) is 3.31. The second kappa shape index (κ2) is 9.05. The average Bonchev–Trinajstić information content (AvgIpc) is 3.23. The van der Waals surface area contributed by atoms with E-state index in [0.717, 1.165) is 17.0 Å². The first kappa shape index (κ1) is 19.4. The number of urea groups is 1. The average molecular weight is 379 g/mol. The van der Waals surface area contributed by atoms with E-state index in [4.69, 9.17) is 4.74 Å². The molecule has 146 valence electrons. The number of nitrogens with zero attached hydrogens (tertiary/aromatic N) is 3. The standard InChI is InChI=1S/C21H25N5O2/c1-25(2)20(16-8-10-19(28-3)11-9-16)15-22-21(27)24-17-6-4-7-18(14-17)26-13-5-12-23-26/h4-14,20H,15H2,1-3H3,(H2,22,24,27)/t20-/m0/s1. The zero-order valence-electron chi connectivity index (χ0n) is 16.3. The molecule has 0 fully saturated rings. The van der Waals surface area contributed by atoms with Crippen LogP contribution < -0.4 is 15.4 Å². The molecule has 0 saturated carbocycles. The topological polar surface area (TPSA) is 71.4 Å². The lowest BCUT2D eigenvalue weighted by Crippen LogP contribution is -2.36. The molecule has 2 N–H and O–H groups in total. The Morgan fingerprint density at radius 1 is 1.18 bits per heavy atom. The SMILES string of the molecule is COc1ccc([C@H](CNC(=O)Nc2cccc(-n3cccn3)c2)N(C)C)cc1. The van der Waals surface area contributed by atoms with Crippen LogP contribution in [0.25, 0.3) is 5.69 Å². The van der Waals surface area contributed by atoms with Crippen molar-refractivity contribution in [2.75, 3.05) is 33.1 Å². The fraction of sp³-hybridized carbons (Fsp3) is 0.238. The number of carbonyl (C=O) groups excluding carboxylic acids is 1. The van der Waals surface area contributed by atoms with Gasteiger partial charge in [-0.05, 0) is 56.1 Å². The van der Waals surface area contributed by atoms with Gasteiger partial charge in [0.15, 0.2) is 0 Å². The number of nitrogens with one attached hydrogen (secondary N) is 2. The monoisotopic (exact) mass is 379 g/mol. The lowest BCUT2D eigenvalue weighted by molar-refractivity contribution is 0.243. The lowest BCUT2D eigenvalue weighted by Gasteiger charge is -2.25. The summed E-state index contributed by atoms with van der Waals surface area (Å²) >= 11 is 0. The fourth-order valence-corrected chi connectivity index (χ4v) is 2.94. The summed E-state index contributed by atoms with van der Waals surface area (Å²) in [5.41, 5.74) is 2.69. The van der Waals surface area contributed by atoms with Crippen molar-refractivity contribution >= 4 is 11.7 Å². The Hall–Kier alpha value is -3.32. The Morgan fingerprint density at radius 2 is 1.96 bits per heavy atom. The number of methoxy groups -OCH3 is 1. The summed E-state index contributed by atoms with van der Waals surface area (Å²) in [6.07, 6.45) is 3.57. The minimum absolute atomic E-state index is 0.0482. The van der Waals surface area contributed by atoms with Gasteiger partial charge in [0.2, 0.25) is 0 Å². The van der Waals surface area contributed by atoms with Crippen LogP contribution in [0.15, 0.2) is 67.0 Å². The van der Waals surface area contributed by atoms with Gasteiger partial charge in [-0.15, -0.1) is 0 Å². The Kier molecular flexibility index (Phi) is 6.29.